The van der Waals surface area contributed by atoms with Gasteiger partial charge in [0, 0.05) is 69.4 Å². The molecule has 0 saturated carbocycles. The molecule has 0 atom stereocenters. The first-order valence-electron chi connectivity index (χ1n) is 45.2. The van der Waals surface area contributed by atoms with Crippen LogP contribution in [0, 0.1) is 0 Å². The smallest absolute Gasteiger partial charge is 0.374 e. The van der Waals surface area contributed by atoms with Gasteiger partial charge in [-0.1, -0.05) is 280 Å². The van der Waals surface area contributed by atoms with Gasteiger partial charge in [0.05, 0.1) is 33.0 Å². The van der Waals surface area contributed by atoms with Crippen LogP contribution < -0.4 is 0 Å². The Kier molecular flexibility index (Phi) is 120. The van der Waals surface area contributed by atoms with Crippen LogP contribution >= 0.6 is 0 Å². The highest BCUT2D eigenvalue weighted by molar-refractivity contribution is 6.33. The fraction of sp³-hybridized carbons (Fsp3) is 0.553. The molecule has 0 aliphatic carbocycles. The van der Waals surface area contributed by atoms with Gasteiger partial charge in [-0.3, -0.25) is 14.4 Å². The van der Waals surface area contributed by atoms with E-state index in [4.69, 9.17) is 23.7 Å². The number of rotatable bonds is 75. The van der Waals surface area contributed by atoms with E-state index in [0.29, 0.717) is 39.5 Å². The zero-order valence-corrected chi connectivity index (χ0v) is 78.7. The third kappa shape index (κ3) is 131. The van der Waals surface area contributed by atoms with Crippen molar-refractivity contribution >= 4 is 83.0 Å². The van der Waals surface area contributed by atoms with Crippen molar-refractivity contribution in [3.8, 4) is 0 Å². The lowest BCUT2D eigenvalue weighted by atomic mass is 10.1. The largest absolute Gasteiger partial charge is 0.463 e. The maximum absolute atomic E-state index is 11.0. The van der Waals surface area contributed by atoms with Crippen molar-refractivity contribution in [2.45, 2.75) is 297 Å². The number of unbranched alkanes of at least 4 members (excludes halogenated alkanes) is 35. The van der Waals surface area contributed by atoms with Crippen molar-refractivity contribution < 1.29 is 119 Å². The van der Waals surface area contributed by atoms with E-state index in [9.17, 15) is 67.1 Å². The van der Waals surface area contributed by atoms with Gasteiger partial charge in [0.1, 0.15) is 39.6 Å². The summed E-state index contributed by atoms with van der Waals surface area (Å²) in [6.45, 7) is 49.4. The van der Waals surface area contributed by atoms with Crippen molar-refractivity contribution in [2.24, 2.45) is 0 Å². The van der Waals surface area contributed by atoms with E-state index in [-0.39, 0.29) is 69.5 Å². The van der Waals surface area contributed by atoms with Crippen molar-refractivity contribution in [3.63, 3.8) is 0 Å². The van der Waals surface area contributed by atoms with Gasteiger partial charge in [-0.2, -0.15) is 0 Å². The molecule has 0 aliphatic rings. The maximum Gasteiger partial charge on any atom is 0.374 e. The fourth-order valence-corrected chi connectivity index (χ4v) is 9.56. The van der Waals surface area contributed by atoms with Crippen LogP contribution in [-0.4, -0.2) is 156 Å². The molecule has 0 amide bonds. The number of ether oxygens (including phenoxy) is 11. The summed E-state index contributed by atoms with van der Waals surface area (Å²) >= 11 is 0. The number of carbonyl (C=O) groups is 14. The lowest BCUT2D eigenvalue weighted by molar-refractivity contribution is -0.155. The molecule has 0 saturated heterocycles. The summed E-state index contributed by atoms with van der Waals surface area (Å²) in [4.78, 5) is 150. The summed E-state index contributed by atoms with van der Waals surface area (Å²) in [5.74, 6) is -7.99. The van der Waals surface area contributed by atoms with Gasteiger partial charge in [-0.05, 0) is 109 Å². The summed E-state index contributed by atoms with van der Waals surface area (Å²) < 4.78 is 51.8. The minimum Gasteiger partial charge on any atom is -0.463 e. The molecule has 0 bridgehead atoms. The van der Waals surface area contributed by atoms with Gasteiger partial charge >= 0.3 is 65.7 Å². The zero-order valence-electron chi connectivity index (χ0n) is 78.7. The molecule has 25 heteroatoms. The van der Waals surface area contributed by atoms with E-state index >= 15 is 0 Å². The van der Waals surface area contributed by atoms with E-state index in [0.717, 1.165) is 124 Å². The molecule has 0 aliphatic heterocycles. The topological polar surface area (TPSA) is 341 Å². The van der Waals surface area contributed by atoms with Crippen molar-refractivity contribution in [1.82, 2.24) is 0 Å². The van der Waals surface area contributed by atoms with Crippen LogP contribution in [0.1, 0.15) is 297 Å². The average molecular weight is 1800 g/mol. The molecule has 0 aromatic heterocycles. The molecule has 0 aromatic rings. The van der Waals surface area contributed by atoms with E-state index in [1.807, 2.05) is 37.3 Å². The van der Waals surface area contributed by atoms with Crippen molar-refractivity contribution in [1.29, 1.82) is 0 Å². The molecule has 0 rings (SSSR count). The van der Waals surface area contributed by atoms with Gasteiger partial charge in [0.15, 0.2) is 0 Å². The van der Waals surface area contributed by atoms with Gasteiger partial charge in [-0.15, -0.1) is 39.5 Å². The quantitative estimate of drug-likeness (QED) is 0.0104. The Balaban J connectivity index is -0.000000215. The summed E-state index contributed by atoms with van der Waals surface area (Å²) in [7, 11) is 0. The Hall–Kier alpha value is -11.0. The molecule has 25 nitrogen and oxygen atoms in total. The van der Waals surface area contributed by atoms with Crippen molar-refractivity contribution in [2.75, 3.05) is 72.7 Å². The second-order valence-corrected chi connectivity index (χ2v) is 27.9. The van der Waals surface area contributed by atoms with Gasteiger partial charge < -0.3 is 52.1 Å². The molecule has 128 heavy (non-hydrogen) atoms. The lowest BCUT2D eigenvalue weighted by Gasteiger charge is -2.03. The molecular weight excluding hydrogens is 1640 g/mol. The SMILES string of the molecule is C=C/C=C/C=C/C(=O)OCCOC(=O)C(C)=O.C=CC/C=C/C(=O)OCCOC(=O)C(C)=O.C=CCCCCCCCCCCCOC(=O)C=C.C=CCCCCCCCCCCOC(=O)C=C.C=CCCCCCCCCCOC(=O)C=C.C=CCCCCCCCCOC(=O)C=C.C=CCCCCCCCOC(=O)C=C.CC/C=C/C(=O)OCCOC(=O)C(C)=O. The van der Waals surface area contributed by atoms with Crippen LogP contribution in [0.15, 0.2) is 200 Å². The molecule has 0 aromatic carbocycles. The Morgan fingerprint density at radius 3 is 0.594 bits per heavy atom. The van der Waals surface area contributed by atoms with Crippen LogP contribution in [0.4, 0.5) is 0 Å². The van der Waals surface area contributed by atoms with E-state index in [2.05, 4.69) is 107 Å². The predicted molar refractivity (Wildman–Crippen MR) is 511 cm³/mol. The average Bonchev–Trinajstić information content (AvgIpc) is 1.01. The van der Waals surface area contributed by atoms with Crippen LogP contribution in [-0.2, 0) is 119 Å². The normalized spacial score (nSPS) is 9.88. The number of Topliss-reactive ketones (excluding diaryl/α,β-unsaturated/α-hetero) is 3. The van der Waals surface area contributed by atoms with Crippen LogP contribution in [0.25, 0.3) is 0 Å². The Labute approximate surface area is 768 Å². The van der Waals surface area contributed by atoms with Crippen molar-refractivity contribution in [3.05, 3.63) is 200 Å². The minimum absolute atomic E-state index is 0.0497. The first-order valence-corrected chi connectivity index (χ1v) is 45.2. The third-order valence-corrected chi connectivity index (χ3v) is 16.5. The number of esters is 11. The van der Waals surface area contributed by atoms with Gasteiger partial charge in [0.2, 0.25) is 17.3 Å². The number of allylic oxidation sites excluding steroid dienone is 12. The minimum atomic E-state index is -0.939. The Morgan fingerprint density at radius 1 is 0.203 bits per heavy atom. The summed E-state index contributed by atoms with van der Waals surface area (Å²) in [5.41, 5.74) is 0. The first kappa shape index (κ1) is 133. The van der Waals surface area contributed by atoms with Crippen LogP contribution in [0.2, 0.25) is 0 Å². The molecule has 724 valence electrons. The molecule has 0 heterocycles. The zero-order chi connectivity index (χ0) is 97.5. The molecule has 0 radical (unpaired) electrons. The second kappa shape index (κ2) is 116. The molecule has 0 N–H and O–H groups in total. The second-order valence-electron chi connectivity index (χ2n) is 27.9. The third-order valence-electron chi connectivity index (χ3n) is 16.5. The van der Waals surface area contributed by atoms with Gasteiger partial charge in [0.25, 0.3) is 0 Å². The highest BCUT2D eigenvalue weighted by Gasteiger charge is 2.12. The monoisotopic (exact) mass is 1800 g/mol. The fourth-order valence-electron chi connectivity index (χ4n) is 9.56. The molecule has 0 spiro atoms. The van der Waals surface area contributed by atoms with E-state index in [1.54, 1.807) is 36.5 Å². The number of ketones is 3. The molecule has 0 fully saturated rings. The van der Waals surface area contributed by atoms with Gasteiger partial charge in [-0.25, -0.2) is 52.7 Å². The molecule has 0 unspecified atom stereocenters. The number of carbonyl (C=O) groups excluding carboxylic acids is 14. The summed E-state index contributed by atoms with van der Waals surface area (Å²) in [6, 6.07) is 0. The number of hydrogen-bond acceptors (Lipinski definition) is 25. The first-order chi connectivity index (χ1) is 61.8. The summed E-state index contributed by atoms with van der Waals surface area (Å²) in [5, 5.41) is 0. The Bertz CT molecular complexity index is 3130. The molecular formula is C103H162O25. The maximum atomic E-state index is 11.0. The highest BCUT2D eigenvalue weighted by Crippen LogP contribution is 2.14. The van der Waals surface area contributed by atoms with E-state index < -0.39 is 53.2 Å². The highest BCUT2D eigenvalue weighted by atomic mass is 16.6. The number of hydrogen-bond donors (Lipinski definition) is 0. The van der Waals surface area contributed by atoms with Crippen LogP contribution in [0.3, 0.4) is 0 Å². The van der Waals surface area contributed by atoms with E-state index in [1.165, 1.54) is 215 Å². The standard InChI is InChI=1S/C16H28O2.C15H26O2.C14H24O2.C13H22O2.C12H14O5.C12H20O2.C11H14O5.C10H14O5/c1-3-5-6-7-8-9-10-11-12-13-14-15-18-16(17)4-2;1-3-5-6-7-8-9-10-11-12-13-14-17-15(16)4-2;1-3-5-6-7-8-9-10-11-12-13-16-14(15)4-2;1-3-5-6-7-8-9-10-11-12-15-13(14)4-2;1-3-4-5-6-7-11(14)16-8-9-17-12(15)10(2)13;1-3-5-6-7-8-9-10-11-14-12(13)4-2;1-3-4-5-6-10(13)15-7-8-16-11(14)9(2)12;1-3-4-5-9(12)14-6-7-15-10(13)8(2)11/h3-4H,1-2,5-15H2;3-4H,1-2,5-14H2;3-4H,1-2,5-13H2;3-4H,1-2,5-12H2;3-7H,1,8-9H2,2H3;3-4H,1-2,5-11H2;3,5-6H,1,4,7-8H2,2H3;4-5H,3,6-7H2,1-2H3/b;;;;5-4+,7-6+;;6-5+;5-4+. The predicted octanol–water partition coefficient (Wildman–Crippen LogP) is 22.5. The Morgan fingerprint density at radius 2 is 0.398 bits per heavy atom. The van der Waals surface area contributed by atoms with Crippen LogP contribution in [0.5, 0.6) is 0 Å². The lowest BCUT2D eigenvalue weighted by Crippen LogP contribution is -2.17. The summed E-state index contributed by atoms with van der Waals surface area (Å²) in [6.07, 6.45) is 80.5.